The van der Waals surface area contributed by atoms with Crippen LogP contribution < -0.4 is 5.73 Å². The molecule has 0 saturated heterocycles. The summed E-state index contributed by atoms with van der Waals surface area (Å²) in [6.45, 7) is 4.91. The predicted octanol–water partition coefficient (Wildman–Crippen LogP) is 4.96. The lowest BCUT2D eigenvalue weighted by Gasteiger charge is -2.29. The average molecular weight is 356 g/mol. The fraction of sp³-hybridized carbons (Fsp3) is 0.476. The zero-order valence-electron chi connectivity index (χ0n) is 14.9. The van der Waals surface area contributed by atoms with Gasteiger partial charge in [-0.15, -0.1) is 11.3 Å². The standard InChI is InChI=1S/C21H25NO2S/c1-21(2)8-7-17-16(10-21)18(20(23)24)19(25-17)15-6-5-13(12-3-4-12)9-14(15)11-22/h5-6,9,12H,3-4,7-8,10-11,22H2,1-2H3,(H,23,24). The Kier molecular flexibility index (Phi) is 4.00. The van der Waals surface area contributed by atoms with Gasteiger partial charge in [0.05, 0.1) is 5.56 Å². The normalized spacial score (nSPS) is 18.8. The first-order valence-corrected chi connectivity index (χ1v) is 9.92. The molecule has 1 heterocycles. The highest BCUT2D eigenvalue weighted by molar-refractivity contribution is 7.16. The SMILES string of the molecule is CC1(C)CCc2sc(-c3ccc(C4CC4)cc3CN)c(C(=O)O)c2C1. The number of benzene rings is 1. The van der Waals surface area contributed by atoms with Crippen molar-refractivity contribution in [1.29, 1.82) is 0 Å². The van der Waals surface area contributed by atoms with E-state index in [1.165, 1.54) is 23.3 Å². The van der Waals surface area contributed by atoms with E-state index in [1.54, 1.807) is 11.3 Å². The number of aryl methyl sites for hydroxylation is 1. The highest BCUT2D eigenvalue weighted by Crippen LogP contribution is 2.47. The molecule has 25 heavy (non-hydrogen) atoms. The molecule has 1 fully saturated rings. The van der Waals surface area contributed by atoms with Gasteiger partial charge in [0.2, 0.25) is 0 Å². The molecule has 1 aromatic carbocycles. The second-order valence-corrected chi connectivity index (χ2v) is 9.35. The largest absolute Gasteiger partial charge is 0.478 e. The summed E-state index contributed by atoms with van der Waals surface area (Å²) >= 11 is 1.67. The quantitative estimate of drug-likeness (QED) is 0.814. The first-order valence-electron chi connectivity index (χ1n) is 9.11. The average Bonchev–Trinajstić information content (AvgIpc) is 3.34. The van der Waals surface area contributed by atoms with Crippen molar-refractivity contribution in [2.75, 3.05) is 0 Å². The van der Waals surface area contributed by atoms with Crippen molar-refractivity contribution in [2.24, 2.45) is 11.1 Å². The van der Waals surface area contributed by atoms with E-state index in [2.05, 4.69) is 32.0 Å². The van der Waals surface area contributed by atoms with Crippen molar-refractivity contribution < 1.29 is 9.90 Å². The summed E-state index contributed by atoms with van der Waals surface area (Å²) in [5.74, 6) is -0.130. The number of nitrogens with two attached hydrogens (primary N) is 1. The van der Waals surface area contributed by atoms with Gasteiger partial charge in [-0.05, 0) is 65.7 Å². The highest BCUT2D eigenvalue weighted by Gasteiger charge is 2.33. The van der Waals surface area contributed by atoms with Crippen LogP contribution >= 0.6 is 11.3 Å². The van der Waals surface area contributed by atoms with Crippen LogP contribution in [0.15, 0.2) is 18.2 Å². The van der Waals surface area contributed by atoms with Crippen LogP contribution in [0, 0.1) is 5.41 Å². The van der Waals surface area contributed by atoms with Crippen LogP contribution in [-0.4, -0.2) is 11.1 Å². The number of carbonyl (C=O) groups is 1. The van der Waals surface area contributed by atoms with Crippen LogP contribution in [-0.2, 0) is 19.4 Å². The van der Waals surface area contributed by atoms with Crippen molar-refractivity contribution in [3.63, 3.8) is 0 Å². The van der Waals surface area contributed by atoms with Crippen molar-refractivity contribution in [2.45, 2.75) is 58.4 Å². The number of aromatic carboxylic acids is 1. The third-order valence-electron chi connectivity index (χ3n) is 5.63. The number of fused-ring (bicyclic) bond motifs is 1. The summed E-state index contributed by atoms with van der Waals surface area (Å²) in [5.41, 5.74) is 11.2. The fourth-order valence-electron chi connectivity index (χ4n) is 4.01. The molecule has 0 atom stereocenters. The number of carboxylic acid groups (broad SMARTS) is 1. The van der Waals surface area contributed by atoms with Crippen molar-refractivity contribution in [3.05, 3.63) is 45.3 Å². The van der Waals surface area contributed by atoms with Crippen LogP contribution in [0.25, 0.3) is 10.4 Å². The Balaban J connectivity index is 1.86. The maximum absolute atomic E-state index is 12.1. The van der Waals surface area contributed by atoms with Gasteiger partial charge in [-0.1, -0.05) is 32.0 Å². The third-order valence-corrected chi connectivity index (χ3v) is 6.96. The summed E-state index contributed by atoms with van der Waals surface area (Å²) in [6, 6.07) is 6.46. The van der Waals surface area contributed by atoms with E-state index in [-0.39, 0.29) is 5.41 Å². The van der Waals surface area contributed by atoms with E-state index in [4.69, 9.17) is 5.73 Å². The fourth-order valence-corrected chi connectivity index (χ4v) is 5.38. The molecule has 0 radical (unpaired) electrons. The second-order valence-electron chi connectivity index (χ2n) is 8.25. The van der Waals surface area contributed by atoms with Gasteiger partial charge in [0.1, 0.15) is 0 Å². The topological polar surface area (TPSA) is 63.3 Å². The number of thiophene rings is 1. The summed E-state index contributed by atoms with van der Waals surface area (Å²) in [5, 5.41) is 9.93. The molecule has 0 amide bonds. The Morgan fingerprint density at radius 3 is 2.76 bits per heavy atom. The molecular weight excluding hydrogens is 330 g/mol. The molecule has 1 aromatic heterocycles. The molecule has 2 aliphatic carbocycles. The number of carboxylic acids is 1. The first kappa shape index (κ1) is 16.8. The monoisotopic (exact) mass is 355 g/mol. The minimum atomic E-state index is -0.806. The maximum Gasteiger partial charge on any atom is 0.337 e. The lowest BCUT2D eigenvalue weighted by Crippen LogP contribution is -2.22. The van der Waals surface area contributed by atoms with Gasteiger partial charge in [-0.25, -0.2) is 4.79 Å². The molecule has 1 saturated carbocycles. The summed E-state index contributed by atoms with van der Waals surface area (Å²) in [7, 11) is 0. The summed E-state index contributed by atoms with van der Waals surface area (Å²) < 4.78 is 0. The van der Waals surface area contributed by atoms with Crippen molar-refractivity contribution >= 4 is 17.3 Å². The van der Waals surface area contributed by atoms with Gasteiger partial charge in [-0.3, -0.25) is 0 Å². The van der Waals surface area contributed by atoms with Gasteiger partial charge >= 0.3 is 5.97 Å². The molecule has 2 aliphatic rings. The zero-order valence-corrected chi connectivity index (χ0v) is 15.7. The third kappa shape index (κ3) is 3.02. The van der Waals surface area contributed by atoms with E-state index in [9.17, 15) is 9.90 Å². The minimum Gasteiger partial charge on any atom is -0.478 e. The van der Waals surface area contributed by atoms with E-state index >= 15 is 0 Å². The molecular formula is C21H25NO2S. The molecule has 4 heteroatoms. The second kappa shape index (κ2) is 5.96. The molecule has 2 aromatic rings. The van der Waals surface area contributed by atoms with Gasteiger partial charge in [0.25, 0.3) is 0 Å². The van der Waals surface area contributed by atoms with E-state index in [1.807, 2.05) is 0 Å². The Bertz CT molecular complexity index is 846. The summed E-state index contributed by atoms with van der Waals surface area (Å²) in [4.78, 5) is 14.3. The number of rotatable bonds is 4. The Labute approximate surface area is 152 Å². The Morgan fingerprint density at radius 1 is 1.36 bits per heavy atom. The van der Waals surface area contributed by atoms with Crippen molar-refractivity contribution in [1.82, 2.24) is 0 Å². The van der Waals surface area contributed by atoms with Crippen LogP contribution in [0.4, 0.5) is 0 Å². The van der Waals surface area contributed by atoms with Crippen LogP contribution in [0.3, 0.4) is 0 Å². The maximum atomic E-state index is 12.1. The first-order chi connectivity index (χ1) is 11.9. The molecule has 3 nitrogen and oxygen atoms in total. The lowest BCUT2D eigenvalue weighted by molar-refractivity contribution is 0.0696. The van der Waals surface area contributed by atoms with Crippen LogP contribution in [0.1, 0.15) is 71.0 Å². The number of hydrogen-bond acceptors (Lipinski definition) is 3. The van der Waals surface area contributed by atoms with Gasteiger partial charge < -0.3 is 10.8 Å². The van der Waals surface area contributed by atoms with E-state index in [0.717, 1.165) is 40.8 Å². The van der Waals surface area contributed by atoms with E-state index in [0.29, 0.717) is 18.0 Å². The molecule has 0 aliphatic heterocycles. The molecule has 4 rings (SSSR count). The highest BCUT2D eigenvalue weighted by atomic mass is 32.1. The molecule has 0 bridgehead atoms. The molecule has 0 unspecified atom stereocenters. The summed E-state index contributed by atoms with van der Waals surface area (Å²) in [6.07, 6.45) is 5.45. The van der Waals surface area contributed by atoms with Gasteiger partial charge in [0, 0.05) is 16.3 Å². The van der Waals surface area contributed by atoms with Gasteiger partial charge in [0.15, 0.2) is 0 Å². The zero-order chi connectivity index (χ0) is 17.8. The van der Waals surface area contributed by atoms with E-state index < -0.39 is 5.97 Å². The van der Waals surface area contributed by atoms with Crippen LogP contribution in [0.2, 0.25) is 0 Å². The lowest BCUT2D eigenvalue weighted by atomic mass is 9.76. The Hall–Kier alpha value is -1.65. The predicted molar refractivity (Wildman–Crippen MR) is 102 cm³/mol. The molecule has 3 N–H and O–H groups in total. The van der Waals surface area contributed by atoms with Crippen LogP contribution in [0.5, 0.6) is 0 Å². The van der Waals surface area contributed by atoms with Gasteiger partial charge in [-0.2, -0.15) is 0 Å². The Morgan fingerprint density at radius 2 is 2.12 bits per heavy atom. The number of hydrogen-bond donors (Lipinski definition) is 2. The molecule has 0 spiro atoms. The molecule has 132 valence electrons. The van der Waals surface area contributed by atoms with Crippen molar-refractivity contribution in [3.8, 4) is 10.4 Å². The smallest absolute Gasteiger partial charge is 0.337 e. The minimum absolute atomic E-state index is 0.169.